The summed E-state index contributed by atoms with van der Waals surface area (Å²) in [4.78, 5) is 33.7. The van der Waals surface area contributed by atoms with Crippen molar-refractivity contribution in [3.8, 4) is 0 Å². The van der Waals surface area contributed by atoms with Gasteiger partial charge >= 0.3 is 13.5 Å². The van der Waals surface area contributed by atoms with Crippen LogP contribution in [0.5, 0.6) is 0 Å². The van der Waals surface area contributed by atoms with E-state index in [4.69, 9.17) is 24.7 Å². The molecule has 2 rings (SSSR count). The van der Waals surface area contributed by atoms with Gasteiger partial charge in [0.2, 0.25) is 0 Å². The third-order valence-corrected chi connectivity index (χ3v) is 10.4. The van der Waals surface area contributed by atoms with E-state index in [9.17, 15) is 19.6 Å². The van der Waals surface area contributed by atoms with Crippen molar-refractivity contribution in [2.45, 2.75) is 70.1 Å². The van der Waals surface area contributed by atoms with Crippen molar-refractivity contribution < 1.29 is 38.3 Å². The fourth-order valence-corrected chi connectivity index (χ4v) is 3.85. The molecule has 0 aromatic carbocycles. The summed E-state index contributed by atoms with van der Waals surface area (Å²) in [6.45, 7) is 9.74. The summed E-state index contributed by atoms with van der Waals surface area (Å²) < 4.78 is 27.7. The third-order valence-electron chi connectivity index (χ3n) is 5.47. The highest BCUT2D eigenvalue weighted by Crippen LogP contribution is 2.39. The minimum atomic E-state index is -4.80. The molecule has 1 unspecified atom stereocenters. The molecular formula is C16H30N3O9PSi. The average Bonchev–Trinajstić information content (AvgIpc) is 2.86. The molecule has 4 atom stereocenters. The van der Waals surface area contributed by atoms with Crippen LogP contribution >= 0.6 is 7.82 Å². The maximum absolute atomic E-state index is 12.3. The largest absolute Gasteiger partial charge is 0.469 e. The zero-order chi connectivity index (χ0) is 23.1. The Balaban J connectivity index is 2.24. The SMILES string of the molecule is CC(C)(C)[Si](C)(C)OCc1cn([C@@H]2O[C@H](COP(=O)(O)O)C(O)[C@H]2O)c(=O)nc1N. The molecule has 1 aromatic heterocycles. The third kappa shape index (κ3) is 5.75. The molecule has 2 heterocycles. The number of anilines is 1. The standard InChI is InChI=1S/C16H30N3O9PSi/c1-16(2,3)30(4,5)27-7-9-6-19(15(22)18-13(9)17)14-12(21)11(20)10(28-14)8-26-29(23,24)25/h6,10-12,14,20-21H,7-8H2,1-5H3,(H2,17,18,22)(H2,23,24,25)/t10-,11?,12-,14-/m1/s1. The van der Waals surface area contributed by atoms with E-state index >= 15 is 0 Å². The maximum Gasteiger partial charge on any atom is 0.469 e. The molecule has 14 heteroatoms. The van der Waals surface area contributed by atoms with E-state index in [2.05, 4.69) is 43.4 Å². The van der Waals surface area contributed by atoms with Crippen molar-refractivity contribution in [2.75, 3.05) is 12.3 Å². The smallest absolute Gasteiger partial charge is 0.412 e. The molecule has 0 spiro atoms. The van der Waals surface area contributed by atoms with Gasteiger partial charge in [0.15, 0.2) is 14.5 Å². The monoisotopic (exact) mass is 467 g/mol. The van der Waals surface area contributed by atoms with E-state index in [1.165, 1.54) is 6.20 Å². The fourth-order valence-electron chi connectivity index (χ4n) is 2.56. The number of rotatable bonds is 7. The Morgan fingerprint density at radius 3 is 2.43 bits per heavy atom. The Morgan fingerprint density at radius 1 is 1.30 bits per heavy atom. The van der Waals surface area contributed by atoms with Gasteiger partial charge in [-0.05, 0) is 18.1 Å². The Kier molecular flexibility index (Phi) is 7.34. The number of aromatic nitrogens is 2. The number of nitrogens with two attached hydrogens (primary N) is 1. The Labute approximate surface area is 175 Å². The summed E-state index contributed by atoms with van der Waals surface area (Å²) in [5.74, 6) is -0.0237. The van der Waals surface area contributed by atoms with Crippen molar-refractivity contribution >= 4 is 22.0 Å². The minimum absolute atomic E-state index is 0.0237. The van der Waals surface area contributed by atoms with Crippen LogP contribution in [-0.2, 0) is 24.9 Å². The lowest BCUT2D eigenvalue weighted by molar-refractivity contribution is -0.0543. The van der Waals surface area contributed by atoms with Crippen LogP contribution < -0.4 is 11.4 Å². The molecule has 30 heavy (non-hydrogen) atoms. The van der Waals surface area contributed by atoms with Crippen LogP contribution in [0, 0.1) is 0 Å². The van der Waals surface area contributed by atoms with Crippen LogP contribution in [0.1, 0.15) is 32.6 Å². The van der Waals surface area contributed by atoms with Gasteiger partial charge in [0.25, 0.3) is 0 Å². The molecule has 1 aliphatic rings. The summed E-state index contributed by atoms with van der Waals surface area (Å²) in [5.41, 5.74) is 5.44. The molecule has 1 aromatic rings. The van der Waals surface area contributed by atoms with Crippen LogP contribution in [-0.4, -0.2) is 62.8 Å². The van der Waals surface area contributed by atoms with E-state index in [-0.39, 0.29) is 17.5 Å². The number of nitrogen functional groups attached to an aromatic ring is 1. The molecule has 0 aliphatic carbocycles. The molecular weight excluding hydrogens is 437 g/mol. The van der Waals surface area contributed by atoms with Gasteiger partial charge in [-0.15, -0.1) is 0 Å². The Hall–Kier alpha value is -1.15. The molecule has 0 bridgehead atoms. The first-order chi connectivity index (χ1) is 13.5. The first kappa shape index (κ1) is 25.1. The van der Waals surface area contributed by atoms with Gasteiger partial charge in [-0.2, -0.15) is 4.98 Å². The fraction of sp³-hybridized carbons (Fsp3) is 0.750. The first-order valence-corrected chi connectivity index (χ1v) is 13.7. The van der Waals surface area contributed by atoms with Crippen LogP contribution in [0.3, 0.4) is 0 Å². The first-order valence-electron chi connectivity index (χ1n) is 9.26. The van der Waals surface area contributed by atoms with Crippen LogP contribution in [0.2, 0.25) is 18.1 Å². The second-order valence-corrected chi connectivity index (χ2v) is 14.8. The summed E-state index contributed by atoms with van der Waals surface area (Å²) in [6.07, 6.45) is -4.39. The van der Waals surface area contributed by atoms with Crippen LogP contribution in [0.4, 0.5) is 5.82 Å². The molecule has 1 saturated heterocycles. The highest BCUT2D eigenvalue weighted by molar-refractivity contribution is 7.46. The topological polar surface area (TPSA) is 187 Å². The minimum Gasteiger partial charge on any atom is -0.412 e. The molecule has 12 nitrogen and oxygen atoms in total. The van der Waals surface area contributed by atoms with Gasteiger partial charge < -0.3 is 34.9 Å². The summed E-state index contributed by atoms with van der Waals surface area (Å²) in [5, 5.41) is 20.4. The van der Waals surface area contributed by atoms with Crippen molar-refractivity contribution in [3.63, 3.8) is 0 Å². The number of ether oxygens (including phenoxy) is 1. The number of aliphatic hydroxyl groups is 2. The lowest BCUT2D eigenvalue weighted by atomic mass is 10.1. The molecule has 0 amide bonds. The lowest BCUT2D eigenvalue weighted by Crippen LogP contribution is -2.41. The van der Waals surface area contributed by atoms with E-state index in [0.29, 0.717) is 5.56 Å². The predicted molar refractivity (Wildman–Crippen MR) is 109 cm³/mol. The summed E-state index contributed by atoms with van der Waals surface area (Å²) in [7, 11) is -6.92. The van der Waals surface area contributed by atoms with Crippen LogP contribution in [0.15, 0.2) is 11.0 Å². The van der Waals surface area contributed by atoms with Crippen molar-refractivity contribution in [2.24, 2.45) is 0 Å². The highest BCUT2D eigenvalue weighted by Gasteiger charge is 2.45. The Bertz CT molecular complexity index is 866. The summed E-state index contributed by atoms with van der Waals surface area (Å²) >= 11 is 0. The highest BCUT2D eigenvalue weighted by atomic mass is 31.2. The maximum atomic E-state index is 12.3. The van der Waals surface area contributed by atoms with E-state index in [1.54, 1.807) is 0 Å². The van der Waals surface area contributed by atoms with Crippen molar-refractivity contribution in [3.05, 3.63) is 22.2 Å². The normalized spacial score (nSPS) is 25.6. The molecule has 1 fully saturated rings. The number of hydrogen-bond donors (Lipinski definition) is 5. The Morgan fingerprint density at radius 2 is 1.90 bits per heavy atom. The predicted octanol–water partition coefficient (Wildman–Crippen LogP) is 0.0758. The molecule has 6 N–H and O–H groups in total. The van der Waals surface area contributed by atoms with E-state index in [1.807, 2.05) is 0 Å². The molecule has 1 aliphatic heterocycles. The van der Waals surface area contributed by atoms with Crippen molar-refractivity contribution in [1.29, 1.82) is 0 Å². The zero-order valence-corrected chi connectivity index (χ0v) is 19.4. The van der Waals surface area contributed by atoms with Crippen molar-refractivity contribution in [1.82, 2.24) is 9.55 Å². The lowest BCUT2D eigenvalue weighted by Gasteiger charge is -2.36. The van der Waals surface area contributed by atoms with Crippen LogP contribution in [0.25, 0.3) is 0 Å². The van der Waals surface area contributed by atoms with E-state index < -0.39 is 53.0 Å². The number of nitrogens with zero attached hydrogens (tertiary/aromatic N) is 2. The number of phosphoric ester groups is 1. The van der Waals surface area contributed by atoms with Gasteiger partial charge in [0.1, 0.15) is 24.1 Å². The van der Waals surface area contributed by atoms with Gasteiger partial charge in [0.05, 0.1) is 13.2 Å². The van der Waals surface area contributed by atoms with Gasteiger partial charge in [0, 0.05) is 11.8 Å². The molecule has 172 valence electrons. The average molecular weight is 467 g/mol. The van der Waals surface area contributed by atoms with E-state index in [0.717, 1.165) is 4.57 Å². The quantitative estimate of drug-likeness (QED) is 0.270. The molecule has 0 saturated carbocycles. The zero-order valence-electron chi connectivity index (χ0n) is 17.6. The number of phosphoric acid groups is 1. The van der Waals surface area contributed by atoms with Gasteiger partial charge in [-0.1, -0.05) is 20.8 Å². The molecule has 0 radical (unpaired) electrons. The van der Waals surface area contributed by atoms with Gasteiger partial charge in [-0.25, -0.2) is 9.36 Å². The number of hydrogen-bond acceptors (Lipinski definition) is 9. The second-order valence-electron chi connectivity index (χ2n) is 8.72. The second kappa shape index (κ2) is 8.77. The van der Waals surface area contributed by atoms with Gasteiger partial charge in [-0.3, -0.25) is 9.09 Å². The summed E-state index contributed by atoms with van der Waals surface area (Å²) in [6, 6.07) is 0. The number of aliphatic hydroxyl groups excluding tert-OH is 2.